The normalized spacial score (nSPS) is 22.6. The van der Waals surface area contributed by atoms with E-state index in [-0.39, 0.29) is 24.7 Å². The van der Waals surface area contributed by atoms with Crippen LogP contribution in [0.3, 0.4) is 0 Å². The van der Waals surface area contributed by atoms with E-state index in [4.69, 9.17) is 5.21 Å². The lowest BCUT2D eigenvalue weighted by Gasteiger charge is -2.32. The van der Waals surface area contributed by atoms with E-state index in [0.717, 1.165) is 11.1 Å². The summed E-state index contributed by atoms with van der Waals surface area (Å²) in [4.78, 5) is 67.7. The molecule has 2 saturated heterocycles. The van der Waals surface area contributed by atoms with Gasteiger partial charge in [-0.25, -0.2) is 5.48 Å². The van der Waals surface area contributed by atoms with Crippen molar-refractivity contribution >= 4 is 29.5 Å². The van der Waals surface area contributed by atoms with Crippen molar-refractivity contribution in [3.8, 4) is 0 Å². The van der Waals surface area contributed by atoms with Crippen LogP contribution in [0.2, 0.25) is 0 Å². The molecule has 0 saturated carbocycles. The maximum Gasteiger partial charge on any atom is 0.245 e. The van der Waals surface area contributed by atoms with Crippen molar-refractivity contribution < 1.29 is 29.2 Å². The summed E-state index contributed by atoms with van der Waals surface area (Å²) in [5, 5.41) is 17.4. The number of amides is 5. The van der Waals surface area contributed by atoms with Crippen molar-refractivity contribution in [1.29, 1.82) is 0 Å². The molecule has 0 unspecified atom stereocenters. The fraction of sp³-hybridized carbons (Fsp3) is 0.485. The molecule has 0 bridgehead atoms. The van der Waals surface area contributed by atoms with Gasteiger partial charge in [0.15, 0.2) is 0 Å². The number of unbranched alkanes of at least 4 members (excludes halogenated alkanes) is 3. The predicted molar refractivity (Wildman–Crippen MR) is 163 cm³/mol. The standard InChI is InChI=1S/C33H43N5O6/c39-29(37-44)18-10-2-1-9-16-25-30(40)36-27(22-24-14-7-4-8-15-24)31(41)35-26(20-19-23-12-5-3-6-13-23)33(43)38-21-11-17-28(38)32(42)34-25/h3-8,12-15,25-28,44H,1-2,9-11,16-22H2,(H,34,42)(H,35,41)(H,36,40)(H,37,39)/t25-,26-,27-,28+/m0/s1. The van der Waals surface area contributed by atoms with Gasteiger partial charge in [-0.1, -0.05) is 79.9 Å². The van der Waals surface area contributed by atoms with E-state index in [1.54, 1.807) is 10.4 Å². The Morgan fingerprint density at radius 2 is 1.36 bits per heavy atom. The summed E-state index contributed by atoms with van der Waals surface area (Å²) >= 11 is 0. The number of benzene rings is 2. The zero-order chi connectivity index (χ0) is 31.3. The highest BCUT2D eigenvalue weighted by Crippen LogP contribution is 2.21. The maximum atomic E-state index is 13.9. The molecule has 0 radical (unpaired) electrons. The van der Waals surface area contributed by atoms with Crippen LogP contribution in [0.15, 0.2) is 60.7 Å². The molecule has 236 valence electrons. The Morgan fingerprint density at radius 3 is 2.07 bits per heavy atom. The van der Waals surface area contributed by atoms with Crippen LogP contribution in [0.25, 0.3) is 0 Å². The lowest BCUT2D eigenvalue weighted by atomic mass is 10.00. The highest BCUT2D eigenvalue weighted by atomic mass is 16.5. The topological polar surface area (TPSA) is 157 Å². The van der Waals surface area contributed by atoms with Gasteiger partial charge in [0.25, 0.3) is 0 Å². The minimum Gasteiger partial charge on any atom is -0.343 e. The summed E-state index contributed by atoms with van der Waals surface area (Å²) in [6.45, 7) is 0.403. The maximum absolute atomic E-state index is 13.9. The summed E-state index contributed by atoms with van der Waals surface area (Å²) < 4.78 is 0. The quantitative estimate of drug-likeness (QED) is 0.142. The molecule has 2 aromatic rings. The average molecular weight is 606 g/mol. The van der Waals surface area contributed by atoms with E-state index >= 15 is 0 Å². The summed E-state index contributed by atoms with van der Waals surface area (Å²) in [5.41, 5.74) is 3.49. The van der Waals surface area contributed by atoms with Crippen LogP contribution in [-0.2, 0) is 36.8 Å². The number of carbonyl (C=O) groups is 5. The number of hydroxylamine groups is 1. The molecule has 44 heavy (non-hydrogen) atoms. The van der Waals surface area contributed by atoms with Crippen LogP contribution in [0, 0.1) is 0 Å². The van der Waals surface area contributed by atoms with Crippen LogP contribution < -0.4 is 21.4 Å². The van der Waals surface area contributed by atoms with Gasteiger partial charge in [-0.3, -0.25) is 29.2 Å². The Morgan fingerprint density at radius 1 is 0.750 bits per heavy atom. The van der Waals surface area contributed by atoms with Crippen molar-refractivity contribution in [2.45, 2.75) is 94.8 Å². The number of carbonyl (C=O) groups excluding carboxylic acids is 5. The summed E-state index contributed by atoms with van der Waals surface area (Å²) in [6.07, 6.45) is 5.41. The zero-order valence-electron chi connectivity index (χ0n) is 25.0. The molecule has 2 heterocycles. The van der Waals surface area contributed by atoms with Crippen LogP contribution in [0.1, 0.15) is 68.9 Å². The molecule has 4 atom stereocenters. The van der Waals surface area contributed by atoms with Gasteiger partial charge in [-0.05, 0) is 49.7 Å². The molecule has 5 amide bonds. The molecular weight excluding hydrogens is 562 g/mol. The third-order valence-corrected chi connectivity index (χ3v) is 8.34. The smallest absolute Gasteiger partial charge is 0.245 e. The first-order valence-electron chi connectivity index (χ1n) is 15.6. The molecule has 0 aromatic heterocycles. The van der Waals surface area contributed by atoms with E-state index < -0.39 is 41.9 Å². The van der Waals surface area contributed by atoms with E-state index in [9.17, 15) is 24.0 Å². The third kappa shape index (κ3) is 9.37. The Kier molecular flexibility index (Phi) is 12.3. The van der Waals surface area contributed by atoms with Crippen molar-refractivity contribution in [3.63, 3.8) is 0 Å². The molecule has 4 rings (SSSR count). The van der Waals surface area contributed by atoms with Gasteiger partial charge >= 0.3 is 0 Å². The van der Waals surface area contributed by atoms with Crippen molar-refractivity contribution in [1.82, 2.24) is 26.3 Å². The highest BCUT2D eigenvalue weighted by Gasteiger charge is 2.40. The molecule has 2 aliphatic heterocycles. The number of nitrogens with zero attached hydrogens (tertiary/aromatic N) is 1. The number of hydrogen-bond acceptors (Lipinski definition) is 6. The zero-order valence-corrected chi connectivity index (χ0v) is 25.0. The number of rotatable bonds is 12. The Balaban J connectivity index is 1.54. The molecule has 2 aromatic carbocycles. The van der Waals surface area contributed by atoms with Crippen LogP contribution in [0.4, 0.5) is 0 Å². The molecule has 0 spiro atoms. The molecule has 5 N–H and O–H groups in total. The number of aryl methyl sites for hydroxylation is 1. The Bertz CT molecular complexity index is 1270. The van der Waals surface area contributed by atoms with Crippen LogP contribution >= 0.6 is 0 Å². The molecule has 11 heteroatoms. The summed E-state index contributed by atoms with van der Waals surface area (Å²) in [5.74, 6) is -2.01. The Labute approximate surface area is 258 Å². The number of nitrogens with one attached hydrogen (secondary N) is 4. The largest absolute Gasteiger partial charge is 0.343 e. The van der Waals surface area contributed by atoms with Gasteiger partial charge in [0.2, 0.25) is 29.5 Å². The van der Waals surface area contributed by atoms with Crippen molar-refractivity contribution in [2.24, 2.45) is 0 Å². The van der Waals surface area contributed by atoms with E-state index in [2.05, 4.69) is 16.0 Å². The second-order valence-electron chi connectivity index (χ2n) is 11.6. The molecule has 11 nitrogen and oxygen atoms in total. The molecular formula is C33H43N5O6. The van der Waals surface area contributed by atoms with Crippen molar-refractivity contribution in [3.05, 3.63) is 71.8 Å². The number of hydrogen-bond donors (Lipinski definition) is 5. The van der Waals surface area contributed by atoms with Crippen molar-refractivity contribution in [2.75, 3.05) is 6.54 Å². The molecule has 2 fully saturated rings. The van der Waals surface area contributed by atoms with Gasteiger partial charge in [0.05, 0.1) is 0 Å². The van der Waals surface area contributed by atoms with E-state index in [1.807, 2.05) is 60.7 Å². The van der Waals surface area contributed by atoms with Crippen LogP contribution in [-0.4, -0.2) is 70.4 Å². The summed E-state index contributed by atoms with van der Waals surface area (Å²) in [7, 11) is 0. The average Bonchev–Trinajstić information content (AvgIpc) is 3.54. The Hall–Kier alpha value is -4.25. The van der Waals surface area contributed by atoms with Gasteiger partial charge in [0.1, 0.15) is 24.2 Å². The van der Waals surface area contributed by atoms with Gasteiger partial charge in [0, 0.05) is 19.4 Å². The third-order valence-electron chi connectivity index (χ3n) is 8.34. The predicted octanol–water partition coefficient (Wildman–Crippen LogP) is 2.17. The fourth-order valence-electron chi connectivity index (χ4n) is 5.90. The second-order valence-corrected chi connectivity index (χ2v) is 11.6. The molecule has 0 aliphatic carbocycles. The lowest BCUT2D eigenvalue weighted by Crippen LogP contribution is -2.61. The van der Waals surface area contributed by atoms with Crippen LogP contribution in [0.5, 0.6) is 0 Å². The van der Waals surface area contributed by atoms with Gasteiger partial charge in [-0.15, -0.1) is 0 Å². The van der Waals surface area contributed by atoms with E-state index in [1.165, 1.54) is 0 Å². The first-order chi connectivity index (χ1) is 21.4. The van der Waals surface area contributed by atoms with Gasteiger partial charge in [-0.2, -0.15) is 0 Å². The first kappa shape index (κ1) is 32.7. The SMILES string of the molecule is O=C(CCCCCC[C@@H]1NC(=O)[C@H]2CCCN2C(=O)[C@H](CCc2ccccc2)NC(=O)[C@H](Cc2ccccc2)NC1=O)NO. The minimum absolute atomic E-state index is 0.200. The van der Waals surface area contributed by atoms with Gasteiger partial charge < -0.3 is 20.9 Å². The number of fused-ring (bicyclic) bond motifs is 1. The summed E-state index contributed by atoms with van der Waals surface area (Å²) in [6, 6.07) is 15.6. The highest BCUT2D eigenvalue weighted by molar-refractivity contribution is 5.97. The monoisotopic (exact) mass is 605 g/mol. The molecule has 2 aliphatic rings. The fourth-order valence-corrected chi connectivity index (χ4v) is 5.90. The first-order valence-corrected chi connectivity index (χ1v) is 15.6. The lowest BCUT2D eigenvalue weighted by molar-refractivity contribution is -0.143. The second kappa shape index (κ2) is 16.6. The van der Waals surface area contributed by atoms with E-state index in [0.29, 0.717) is 64.3 Å². The minimum atomic E-state index is -0.956.